The molecular formula is C25H34N8O. The molecular weight excluding hydrogens is 428 g/mol. The molecule has 3 N–H and O–H groups in total. The molecule has 0 radical (unpaired) electrons. The molecule has 0 aromatic carbocycles. The van der Waals surface area contributed by atoms with Crippen molar-refractivity contribution in [1.82, 2.24) is 35.0 Å². The maximum absolute atomic E-state index is 12.1. The van der Waals surface area contributed by atoms with E-state index in [0.29, 0.717) is 17.3 Å². The molecule has 0 aliphatic heterocycles. The zero-order valence-corrected chi connectivity index (χ0v) is 20.2. The van der Waals surface area contributed by atoms with Crippen LogP contribution in [0.3, 0.4) is 0 Å². The molecule has 0 unspecified atom stereocenters. The number of amides is 1. The van der Waals surface area contributed by atoms with Gasteiger partial charge >= 0.3 is 0 Å². The summed E-state index contributed by atoms with van der Waals surface area (Å²) in [5, 5.41) is 23.3. The molecule has 1 aliphatic rings. The lowest BCUT2D eigenvalue weighted by Crippen LogP contribution is -2.46. The van der Waals surface area contributed by atoms with Crippen molar-refractivity contribution in [3.05, 3.63) is 42.7 Å². The van der Waals surface area contributed by atoms with Crippen LogP contribution in [0.2, 0.25) is 0 Å². The molecule has 0 bridgehead atoms. The molecule has 9 nitrogen and oxygen atoms in total. The lowest BCUT2D eigenvalue weighted by molar-refractivity contribution is -0.128. The predicted molar refractivity (Wildman–Crippen MR) is 134 cm³/mol. The van der Waals surface area contributed by atoms with Gasteiger partial charge in [0.2, 0.25) is 5.91 Å². The molecule has 1 aliphatic carbocycles. The summed E-state index contributed by atoms with van der Waals surface area (Å²) in [6.07, 6.45) is 15.2. The number of aromatic nitrogens is 5. The first-order chi connectivity index (χ1) is 16.6. The number of hydrogen-bond donors (Lipinski definition) is 3. The van der Waals surface area contributed by atoms with Crippen LogP contribution >= 0.6 is 0 Å². The number of nitrogens with zero attached hydrogens (tertiary/aromatic N) is 5. The second-order valence-electron chi connectivity index (χ2n) is 8.88. The summed E-state index contributed by atoms with van der Waals surface area (Å²) in [6, 6.07) is 2.51. The fourth-order valence-electron chi connectivity index (χ4n) is 4.36. The van der Waals surface area contributed by atoms with Gasteiger partial charge < -0.3 is 16.0 Å². The van der Waals surface area contributed by atoms with E-state index >= 15 is 0 Å². The van der Waals surface area contributed by atoms with Crippen LogP contribution in [0.25, 0.3) is 22.3 Å². The van der Waals surface area contributed by atoms with Crippen LogP contribution in [0.1, 0.15) is 64.6 Å². The Morgan fingerprint density at radius 2 is 2.03 bits per heavy atom. The second kappa shape index (κ2) is 10.6. The van der Waals surface area contributed by atoms with E-state index in [1.165, 1.54) is 6.21 Å². The minimum atomic E-state index is 0.0673. The summed E-state index contributed by atoms with van der Waals surface area (Å²) in [6.45, 7) is 7.11. The first-order valence-electron chi connectivity index (χ1n) is 12.2. The van der Waals surface area contributed by atoms with Crippen LogP contribution in [-0.2, 0) is 4.79 Å². The van der Waals surface area contributed by atoms with E-state index in [0.717, 1.165) is 55.4 Å². The number of allylic oxidation sites excluding steroid dienone is 1. The lowest BCUT2D eigenvalue weighted by Gasteiger charge is -2.34. The van der Waals surface area contributed by atoms with Crippen LogP contribution in [0, 0.1) is 11.3 Å². The van der Waals surface area contributed by atoms with E-state index < -0.39 is 0 Å². The number of fused-ring (bicyclic) bond motifs is 1. The van der Waals surface area contributed by atoms with Gasteiger partial charge in [0.05, 0.1) is 41.5 Å². The molecule has 1 amide bonds. The fourth-order valence-corrected chi connectivity index (χ4v) is 4.36. The zero-order valence-electron chi connectivity index (χ0n) is 20.2. The monoisotopic (exact) mass is 462 g/mol. The van der Waals surface area contributed by atoms with Gasteiger partial charge in [-0.3, -0.25) is 9.48 Å². The van der Waals surface area contributed by atoms with Crippen molar-refractivity contribution < 1.29 is 4.79 Å². The highest BCUT2D eigenvalue weighted by Gasteiger charge is 2.33. The standard InChI is InChI=1S/C25H34N8O/c1-4-8-27-25(34)17-10-20(11-17)28-13-18(12-26)22-16-33-23(7-9-29-33)24(31-22)19-14-30-32(15-19)21(5-2)6-3/h7,9,12-17,20-21,26,28H,4-6,8,10-11H2,1-3H3,(H,27,34)/b18-13+,26-12?/t17-,20+. The van der Waals surface area contributed by atoms with Crippen molar-refractivity contribution in [1.29, 1.82) is 5.41 Å². The Morgan fingerprint density at radius 3 is 2.74 bits per heavy atom. The summed E-state index contributed by atoms with van der Waals surface area (Å²) in [5.41, 5.74) is 3.92. The van der Waals surface area contributed by atoms with Gasteiger partial charge in [-0.1, -0.05) is 20.8 Å². The normalized spacial score (nSPS) is 18.2. The number of nitrogens with one attached hydrogen (secondary N) is 3. The highest BCUT2D eigenvalue weighted by atomic mass is 16.1. The molecule has 3 aromatic heterocycles. The third-order valence-electron chi connectivity index (χ3n) is 6.57. The maximum Gasteiger partial charge on any atom is 0.223 e. The Morgan fingerprint density at radius 1 is 1.24 bits per heavy atom. The Labute approximate surface area is 200 Å². The number of carbonyl (C=O) groups is 1. The number of hydrogen-bond acceptors (Lipinski definition) is 6. The molecule has 4 rings (SSSR count). The van der Waals surface area contributed by atoms with E-state index in [2.05, 4.69) is 34.7 Å². The van der Waals surface area contributed by atoms with Gasteiger partial charge in [-0.2, -0.15) is 10.2 Å². The van der Waals surface area contributed by atoms with E-state index in [4.69, 9.17) is 10.4 Å². The summed E-state index contributed by atoms with van der Waals surface area (Å²) in [5.74, 6) is 0.207. The van der Waals surface area contributed by atoms with Crippen LogP contribution < -0.4 is 10.6 Å². The van der Waals surface area contributed by atoms with Gasteiger partial charge in [0.25, 0.3) is 0 Å². The highest BCUT2D eigenvalue weighted by Crippen LogP contribution is 2.29. The summed E-state index contributed by atoms with van der Waals surface area (Å²) in [4.78, 5) is 17.0. The Kier molecular flexibility index (Phi) is 7.40. The van der Waals surface area contributed by atoms with Crippen molar-refractivity contribution in [3.8, 4) is 11.3 Å². The summed E-state index contributed by atoms with van der Waals surface area (Å²) in [7, 11) is 0. The third-order valence-corrected chi connectivity index (χ3v) is 6.57. The smallest absolute Gasteiger partial charge is 0.223 e. The molecule has 3 aromatic rings. The van der Waals surface area contributed by atoms with Gasteiger partial charge in [0.1, 0.15) is 0 Å². The second-order valence-corrected chi connectivity index (χ2v) is 8.88. The molecule has 0 saturated heterocycles. The summed E-state index contributed by atoms with van der Waals surface area (Å²) >= 11 is 0. The van der Waals surface area contributed by atoms with Gasteiger partial charge in [-0.25, -0.2) is 9.50 Å². The Balaban J connectivity index is 1.54. The number of rotatable bonds is 11. The highest BCUT2D eigenvalue weighted by molar-refractivity contribution is 6.07. The lowest BCUT2D eigenvalue weighted by atomic mass is 9.79. The quantitative estimate of drug-likeness (QED) is 0.375. The summed E-state index contributed by atoms with van der Waals surface area (Å²) < 4.78 is 3.80. The first-order valence-corrected chi connectivity index (χ1v) is 12.2. The molecule has 1 fully saturated rings. The average Bonchev–Trinajstić information content (AvgIpc) is 3.49. The van der Waals surface area contributed by atoms with Crippen molar-refractivity contribution >= 4 is 23.2 Å². The van der Waals surface area contributed by atoms with Gasteiger partial charge in [0, 0.05) is 48.3 Å². The average molecular weight is 463 g/mol. The van der Waals surface area contributed by atoms with Crippen molar-refractivity contribution in [2.75, 3.05) is 6.54 Å². The van der Waals surface area contributed by atoms with Crippen LogP contribution in [0.4, 0.5) is 0 Å². The van der Waals surface area contributed by atoms with Gasteiger partial charge in [-0.15, -0.1) is 0 Å². The fraction of sp³-hybridized carbons (Fsp3) is 0.480. The minimum absolute atomic E-state index is 0.0673. The largest absolute Gasteiger partial charge is 0.388 e. The molecule has 34 heavy (non-hydrogen) atoms. The molecule has 0 atom stereocenters. The Bertz CT molecular complexity index is 1170. The molecule has 180 valence electrons. The minimum Gasteiger partial charge on any atom is -0.388 e. The molecule has 0 spiro atoms. The number of carbonyl (C=O) groups excluding carboxylic acids is 1. The van der Waals surface area contributed by atoms with E-state index in [9.17, 15) is 4.79 Å². The molecule has 1 saturated carbocycles. The van der Waals surface area contributed by atoms with E-state index in [1.807, 2.05) is 42.5 Å². The predicted octanol–water partition coefficient (Wildman–Crippen LogP) is 3.84. The maximum atomic E-state index is 12.1. The SMILES string of the molecule is CCCNC(=O)[C@H]1C[C@@H](N/C=C(\C=N)c2cn3nccc3c(-c3cnn(C(CC)CC)c3)n2)C1. The Hall–Kier alpha value is -3.49. The van der Waals surface area contributed by atoms with E-state index in [-0.39, 0.29) is 17.9 Å². The van der Waals surface area contributed by atoms with Crippen LogP contribution in [-0.4, -0.2) is 49.1 Å². The zero-order chi connectivity index (χ0) is 24.1. The van der Waals surface area contributed by atoms with Crippen molar-refractivity contribution in [2.24, 2.45) is 5.92 Å². The molecule has 3 heterocycles. The van der Waals surface area contributed by atoms with E-state index in [1.54, 1.807) is 10.7 Å². The van der Waals surface area contributed by atoms with Crippen LogP contribution in [0.15, 0.2) is 37.1 Å². The van der Waals surface area contributed by atoms with Gasteiger partial charge in [-0.05, 0) is 38.2 Å². The van der Waals surface area contributed by atoms with Crippen molar-refractivity contribution in [2.45, 2.75) is 65.0 Å². The van der Waals surface area contributed by atoms with Crippen molar-refractivity contribution in [3.63, 3.8) is 0 Å². The van der Waals surface area contributed by atoms with Gasteiger partial charge in [0.15, 0.2) is 0 Å². The molecule has 9 heteroatoms. The topological polar surface area (TPSA) is 113 Å². The third kappa shape index (κ3) is 4.88. The first kappa shape index (κ1) is 23.7. The van der Waals surface area contributed by atoms with Crippen LogP contribution in [0.5, 0.6) is 0 Å².